The summed E-state index contributed by atoms with van der Waals surface area (Å²) in [5.74, 6) is -1.85. The van der Waals surface area contributed by atoms with Gasteiger partial charge in [-0.1, -0.05) is 0 Å². The molecule has 0 aromatic carbocycles. The third kappa shape index (κ3) is 5.70. The number of carbonyl (C=O) groups excluding carboxylic acids is 1. The fourth-order valence-corrected chi connectivity index (χ4v) is 4.99. The van der Waals surface area contributed by atoms with Gasteiger partial charge in [-0.05, 0) is 47.6 Å². The lowest BCUT2D eigenvalue weighted by Gasteiger charge is -2.48. The number of aliphatic carboxylic acids is 1. The summed E-state index contributed by atoms with van der Waals surface area (Å²) in [6.45, 7) is 4.86. The van der Waals surface area contributed by atoms with Gasteiger partial charge in [-0.25, -0.2) is 4.79 Å². The fraction of sp³-hybridized carbons (Fsp3) is 0.684. The van der Waals surface area contributed by atoms with E-state index in [0.717, 1.165) is 52.0 Å². The van der Waals surface area contributed by atoms with Gasteiger partial charge in [0, 0.05) is 39.2 Å². The minimum atomic E-state index is -5.08. The third-order valence-electron chi connectivity index (χ3n) is 5.55. The number of likely N-dealkylation sites (tertiary alicyclic amines) is 2. The van der Waals surface area contributed by atoms with Gasteiger partial charge in [-0.15, -0.1) is 0 Å². The van der Waals surface area contributed by atoms with Crippen molar-refractivity contribution in [2.75, 3.05) is 26.2 Å². The Labute approximate surface area is 171 Å². The monoisotopic (exact) mass is 434 g/mol. The van der Waals surface area contributed by atoms with E-state index in [1.165, 1.54) is 12.0 Å². The molecule has 29 heavy (non-hydrogen) atoms. The second kappa shape index (κ2) is 9.44. The standard InChI is InChI=1S/C17H24N2O2S.C2HF3O2/c20-16-4-1-6-19(16)15-11-18(9-13-5-8-22-12-13)10-14-3-2-7-21-17(14)15;3-2(4,5)1(6)7/h5,8,12,14-15,17H,1-4,6-7,9-11H2;(H,6,7)/t14-,15+,17-;/m0./s1. The molecule has 1 aromatic heterocycles. The van der Waals surface area contributed by atoms with Crippen molar-refractivity contribution in [2.45, 2.75) is 50.6 Å². The van der Waals surface area contributed by atoms with Gasteiger partial charge in [-0.3, -0.25) is 9.69 Å². The molecule has 0 radical (unpaired) electrons. The number of carboxylic acid groups (broad SMARTS) is 1. The number of carbonyl (C=O) groups is 2. The molecule has 3 saturated heterocycles. The molecule has 3 fully saturated rings. The number of hydrogen-bond acceptors (Lipinski definition) is 5. The summed E-state index contributed by atoms with van der Waals surface area (Å²) in [5.41, 5.74) is 1.40. The molecule has 3 aliphatic heterocycles. The molecule has 0 saturated carbocycles. The van der Waals surface area contributed by atoms with E-state index in [9.17, 15) is 18.0 Å². The van der Waals surface area contributed by atoms with Crippen molar-refractivity contribution in [3.63, 3.8) is 0 Å². The van der Waals surface area contributed by atoms with Gasteiger partial charge >= 0.3 is 12.1 Å². The minimum Gasteiger partial charge on any atom is -0.475 e. The number of rotatable bonds is 3. The summed E-state index contributed by atoms with van der Waals surface area (Å²) in [6.07, 6.45) is -0.692. The van der Waals surface area contributed by atoms with Crippen molar-refractivity contribution in [2.24, 2.45) is 5.92 Å². The average molecular weight is 434 g/mol. The molecule has 4 heterocycles. The predicted octanol–water partition coefficient (Wildman–Crippen LogP) is 2.98. The summed E-state index contributed by atoms with van der Waals surface area (Å²) in [7, 11) is 0. The lowest BCUT2D eigenvalue weighted by atomic mass is 9.84. The number of alkyl halides is 3. The quantitative estimate of drug-likeness (QED) is 0.792. The molecule has 3 atom stereocenters. The largest absolute Gasteiger partial charge is 0.490 e. The van der Waals surface area contributed by atoms with E-state index in [0.29, 0.717) is 11.8 Å². The van der Waals surface area contributed by atoms with Gasteiger partial charge in [0.25, 0.3) is 0 Å². The number of hydrogen-bond donors (Lipinski definition) is 1. The van der Waals surface area contributed by atoms with Crippen LogP contribution in [0.1, 0.15) is 31.2 Å². The molecule has 0 unspecified atom stereocenters. The summed E-state index contributed by atoms with van der Waals surface area (Å²) < 4.78 is 37.9. The smallest absolute Gasteiger partial charge is 0.475 e. The number of carboxylic acids is 1. The van der Waals surface area contributed by atoms with Crippen LogP contribution >= 0.6 is 11.3 Å². The number of thiophene rings is 1. The molecule has 3 aliphatic rings. The molecule has 0 aliphatic carbocycles. The highest BCUT2D eigenvalue weighted by Gasteiger charge is 2.44. The second-order valence-corrected chi connectivity index (χ2v) is 8.40. The normalized spacial score (nSPS) is 27.9. The Bertz CT molecular complexity index is 698. The number of fused-ring (bicyclic) bond motifs is 1. The number of piperidine rings is 1. The summed E-state index contributed by atoms with van der Waals surface area (Å²) >= 11 is 1.76. The first-order chi connectivity index (χ1) is 13.8. The van der Waals surface area contributed by atoms with Crippen LogP contribution in [0.2, 0.25) is 0 Å². The van der Waals surface area contributed by atoms with Crippen molar-refractivity contribution >= 4 is 23.2 Å². The Morgan fingerprint density at radius 2 is 2.07 bits per heavy atom. The molecule has 10 heteroatoms. The zero-order chi connectivity index (χ0) is 21.0. The fourth-order valence-electron chi connectivity index (χ4n) is 4.33. The van der Waals surface area contributed by atoms with Crippen molar-refractivity contribution in [1.29, 1.82) is 0 Å². The Balaban J connectivity index is 0.000000298. The van der Waals surface area contributed by atoms with Crippen LogP contribution in [0.15, 0.2) is 16.8 Å². The van der Waals surface area contributed by atoms with Gasteiger partial charge in [0.1, 0.15) is 0 Å². The van der Waals surface area contributed by atoms with E-state index in [2.05, 4.69) is 26.6 Å². The van der Waals surface area contributed by atoms with Crippen LogP contribution in [0.4, 0.5) is 13.2 Å². The van der Waals surface area contributed by atoms with Crippen LogP contribution in [0, 0.1) is 5.92 Å². The van der Waals surface area contributed by atoms with Crippen molar-refractivity contribution in [3.05, 3.63) is 22.4 Å². The van der Waals surface area contributed by atoms with Gasteiger partial charge in [-0.2, -0.15) is 24.5 Å². The highest BCUT2D eigenvalue weighted by Crippen LogP contribution is 2.33. The van der Waals surface area contributed by atoms with Crippen molar-refractivity contribution < 1.29 is 32.6 Å². The van der Waals surface area contributed by atoms with Gasteiger partial charge < -0.3 is 14.7 Å². The maximum atomic E-state index is 12.2. The van der Waals surface area contributed by atoms with Crippen LogP contribution in [0.5, 0.6) is 0 Å². The summed E-state index contributed by atoms with van der Waals surface area (Å²) in [4.78, 5) is 25.8. The number of ether oxygens (including phenoxy) is 1. The zero-order valence-corrected chi connectivity index (χ0v) is 16.8. The average Bonchev–Trinajstić information content (AvgIpc) is 3.32. The van der Waals surface area contributed by atoms with Crippen LogP contribution in [0.25, 0.3) is 0 Å². The lowest BCUT2D eigenvalue weighted by molar-refractivity contribution is -0.192. The summed E-state index contributed by atoms with van der Waals surface area (Å²) in [5, 5.41) is 11.5. The Kier molecular flexibility index (Phi) is 7.18. The first-order valence-electron chi connectivity index (χ1n) is 9.70. The van der Waals surface area contributed by atoms with Gasteiger partial charge in [0.05, 0.1) is 12.1 Å². The van der Waals surface area contributed by atoms with Crippen molar-refractivity contribution in [1.82, 2.24) is 9.80 Å². The minimum absolute atomic E-state index is 0.257. The topological polar surface area (TPSA) is 70.1 Å². The Morgan fingerprint density at radius 1 is 1.31 bits per heavy atom. The molecular weight excluding hydrogens is 409 g/mol. The summed E-state index contributed by atoms with van der Waals surface area (Å²) in [6, 6.07) is 2.47. The maximum Gasteiger partial charge on any atom is 0.490 e. The molecule has 0 bridgehead atoms. The van der Waals surface area contributed by atoms with Gasteiger partial charge in [0.15, 0.2) is 0 Å². The lowest BCUT2D eigenvalue weighted by Crippen LogP contribution is -2.61. The Hall–Kier alpha value is -1.65. The molecule has 1 amide bonds. The molecule has 6 nitrogen and oxygen atoms in total. The molecule has 0 spiro atoms. The van der Waals surface area contributed by atoms with Crippen molar-refractivity contribution in [3.8, 4) is 0 Å². The van der Waals surface area contributed by atoms with Gasteiger partial charge in [0.2, 0.25) is 5.91 Å². The van der Waals surface area contributed by atoms with E-state index in [1.807, 2.05) is 0 Å². The number of amides is 1. The highest BCUT2D eigenvalue weighted by molar-refractivity contribution is 7.07. The van der Waals surface area contributed by atoms with Crippen LogP contribution in [0.3, 0.4) is 0 Å². The van der Waals surface area contributed by atoms with E-state index in [-0.39, 0.29) is 12.1 Å². The molecule has 1 N–H and O–H groups in total. The van der Waals surface area contributed by atoms with Crippen LogP contribution < -0.4 is 0 Å². The van der Waals surface area contributed by atoms with E-state index in [4.69, 9.17) is 14.6 Å². The SMILES string of the molecule is O=C(O)C(F)(F)F.O=C1CCCN1[C@@H]1CN(Cc2ccsc2)C[C@@H]2CCCO[C@@H]21. The second-order valence-electron chi connectivity index (χ2n) is 7.62. The number of halogens is 3. The molecule has 4 rings (SSSR count). The zero-order valence-electron chi connectivity index (χ0n) is 15.9. The van der Waals surface area contributed by atoms with E-state index < -0.39 is 12.1 Å². The third-order valence-corrected chi connectivity index (χ3v) is 6.28. The molecule has 162 valence electrons. The first-order valence-corrected chi connectivity index (χ1v) is 10.6. The first kappa shape index (κ1) is 22.0. The van der Waals surface area contributed by atoms with Crippen LogP contribution in [-0.4, -0.2) is 71.3 Å². The Morgan fingerprint density at radius 3 is 2.66 bits per heavy atom. The van der Waals surface area contributed by atoms with E-state index in [1.54, 1.807) is 11.3 Å². The molecular formula is C19H25F3N2O4S. The maximum absolute atomic E-state index is 12.2. The highest BCUT2D eigenvalue weighted by atomic mass is 32.1. The number of nitrogens with zero attached hydrogens (tertiary/aromatic N) is 2. The predicted molar refractivity (Wildman–Crippen MR) is 100 cm³/mol. The molecule has 1 aromatic rings. The van der Waals surface area contributed by atoms with Crippen LogP contribution in [-0.2, 0) is 20.9 Å². The van der Waals surface area contributed by atoms with E-state index >= 15 is 0 Å².